The van der Waals surface area contributed by atoms with Gasteiger partial charge in [0.2, 0.25) is 0 Å². The number of benzene rings is 3. The van der Waals surface area contributed by atoms with E-state index in [9.17, 15) is 14.4 Å². The van der Waals surface area contributed by atoms with Gasteiger partial charge in [-0.1, -0.05) is 66.7 Å². The maximum Gasteiger partial charge on any atom is 0.411 e. The van der Waals surface area contributed by atoms with Crippen LogP contribution in [0.2, 0.25) is 0 Å². The molecule has 3 amide bonds. The number of carbonyl (C=O) groups excluding carboxylic acids is 3. The molecule has 10 nitrogen and oxygen atoms in total. The Hall–Kier alpha value is -6.03. The number of H-pyrrole nitrogens is 1. The summed E-state index contributed by atoms with van der Waals surface area (Å²) in [4.78, 5) is 42.2. The fraction of sp³-hybridized carbons (Fsp3) is 0.162. The van der Waals surface area contributed by atoms with Crippen LogP contribution >= 0.6 is 0 Å². The number of ether oxygens (including phenoxy) is 1. The molecule has 0 fully saturated rings. The van der Waals surface area contributed by atoms with Crippen molar-refractivity contribution >= 4 is 40.2 Å². The number of aryl methyl sites for hydroxylation is 2. The number of anilines is 2. The highest BCUT2D eigenvalue weighted by Crippen LogP contribution is 2.44. The zero-order valence-corrected chi connectivity index (χ0v) is 26.0. The van der Waals surface area contributed by atoms with E-state index in [2.05, 4.69) is 51.3 Å². The molecular weight excluding hydrogens is 592 g/mol. The van der Waals surface area contributed by atoms with E-state index in [0.717, 1.165) is 38.7 Å². The maximum absolute atomic E-state index is 13.2. The average Bonchev–Trinajstić information content (AvgIpc) is 3.83. The van der Waals surface area contributed by atoms with Gasteiger partial charge in [0.1, 0.15) is 18.0 Å². The van der Waals surface area contributed by atoms with E-state index < -0.39 is 6.09 Å². The number of hydrogen-bond donors (Lipinski definition) is 4. The summed E-state index contributed by atoms with van der Waals surface area (Å²) in [7, 11) is 3.47. The highest BCUT2D eigenvalue weighted by molar-refractivity contribution is 6.05. The molecule has 0 atom stereocenters. The number of nitrogens with zero attached hydrogens (tertiary/aromatic N) is 2. The summed E-state index contributed by atoms with van der Waals surface area (Å²) >= 11 is 0. The zero-order valence-electron chi connectivity index (χ0n) is 26.0. The van der Waals surface area contributed by atoms with Crippen molar-refractivity contribution in [2.45, 2.75) is 12.3 Å². The molecule has 0 saturated heterocycles. The Balaban J connectivity index is 0.936. The summed E-state index contributed by atoms with van der Waals surface area (Å²) in [5.74, 6) is -0.672. The van der Waals surface area contributed by atoms with Crippen LogP contribution in [0.25, 0.3) is 22.0 Å². The summed E-state index contributed by atoms with van der Waals surface area (Å²) in [6.07, 6.45) is 5.38. The van der Waals surface area contributed by atoms with Gasteiger partial charge in [0, 0.05) is 56.1 Å². The summed E-state index contributed by atoms with van der Waals surface area (Å²) in [6, 6.07) is 27.6. The standard InChI is InChI=1S/C37H34N6O4/c1-42-20-24(17-33(42)35(44)38-16-15-23-19-39-32-14-8-7-9-26(23)32)40-36(45)34-18-25(21-43(34)2)41-37(46)47-22-31-29-12-5-3-10-27(29)28-11-4-6-13-30(28)31/h3-14,17-21,31,39H,15-16,22H2,1-2H3,(H,38,44)(H,40,45)(H,41,46). The first-order chi connectivity index (χ1) is 22.9. The van der Waals surface area contributed by atoms with Crippen LogP contribution in [0, 0.1) is 0 Å². The van der Waals surface area contributed by atoms with Gasteiger partial charge in [-0.05, 0) is 52.4 Å². The van der Waals surface area contributed by atoms with Crippen molar-refractivity contribution in [2.75, 3.05) is 23.8 Å². The third-order valence-corrected chi connectivity index (χ3v) is 8.68. The molecule has 1 aliphatic rings. The first-order valence-corrected chi connectivity index (χ1v) is 15.4. The van der Waals surface area contributed by atoms with Crippen molar-refractivity contribution in [3.63, 3.8) is 0 Å². The van der Waals surface area contributed by atoms with Crippen molar-refractivity contribution in [3.05, 3.63) is 132 Å². The van der Waals surface area contributed by atoms with Crippen LogP contribution in [0.5, 0.6) is 0 Å². The molecule has 0 saturated carbocycles. The maximum atomic E-state index is 13.2. The largest absolute Gasteiger partial charge is 0.448 e. The number of amides is 3. The summed E-state index contributed by atoms with van der Waals surface area (Å²) in [5.41, 5.74) is 8.43. The second kappa shape index (κ2) is 12.4. The second-order valence-electron chi connectivity index (χ2n) is 11.7. The number of nitrogens with one attached hydrogen (secondary N) is 4. The average molecular weight is 627 g/mol. The van der Waals surface area contributed by atoms with E-state index in [0.29, 0.717) is 35.7 Å². The molecule has 4 N–H and O–H groups in total. The van der Waals surface area contributed by atoms with Crippen LogP contribution in [0.1, 0.15) is 43.6 Å². The lowest BCUT2D eigenvalue weighted by Crippen LogP contribution is -2.27. The molecule has 10 heteroatoms. The molecule has 47 heavy (non-hydrogen) atoms. The summed E-state index contributed by atoms with van der Waals surface area (Å²) in [6.45, 7) is 0.656. The SMILES string of the molecule is Cn1cc(NC(=O)c2cc(NC(=O)OCC3c4ccccc4-c4ccccc43)cn2C)cc1C(=O)NCCc1c[nH]c2ccccc12. The molecule has 0 bridgehead atoms. The van der Waals surface area contributed by atoms with Crippen LogP contribution in [0.3, 0.4) is 0 Å². The fourth-order valence-electron chi connectivity index (χ4n) is 6.40. The van der Waals surface area contributed by atoms with Crippen LogP contribution in [-0.4, -0.2) is 45.2 Å². The smallest absolute Gasteiger partial charge is 0.411 e. The molecule has 0 unspecified atom stereocenters. The summed E-state index contributed by atoms with van der Waals surface area (Å²) in [5, 5.41) is 9.70. The van der Waals surface area contributed by atoms with Gasteiger partial charge in [-0.15, -0.1) is 0 Å². The molecular formula is C37H34N6O4. The molecule has 6 aromatic rings. The Morgan fingerprint density at radius 2 is 1.36 bits per heavy atom. The predicted octanol–water partition coefficient (Wildman–Crippen LogP) is 6.43. The van der Waals surface area contributed by atoms with Gasteiger partial charge in [-0.3, -0.25) is 14.9 Å². The number of para-hydroxylation sites is 1. The van der Waals surface area contributed by atoms with Crippen molar-refractivity contribution in [1.29, 1.82) is 0 Å². The zero-order chi connectivity index (χ0) is 32.5. The van der Waals surface area contributed by atoms with Gasteiger partial charge < -0.3 is 29.5 Å². The minimum absolute atomic E-state index is 0.0532. The van der Waals surface area contributed by atoms with E-state index in [4.69, 9.17) is 4.74 Å². The molecule has 0 aliphatic heterocycles. The Labute approximate surface area is 271 Å². The molecule has 3 aromatic carbocycles. The minimum Gasteiger partial charge on any atom is -0.448 e. The van der Waals surface area contributed by atoms with Gasteiger partial charge in [0.05, 0.1) is 11.4 Å². The van der Waals surface area contributed by atoms with Gasteiger partial charge in [-0.25, -0.2) is 4.79 Å². The fourth-order valence-corrected chi connectivity index (χ4v) is 6.40. The lowest BCUT2D eigenvalue weighted by atomic mass is 9.98. The first kappa shape index (κ1) is 29.7. The Bertz CT molecular complexity index is 2090. The normalized spacial score (nSPS) is 12.0. The van der Waals surface area contributed by atoms with E-state index in [1.165, 1.54) is 0 Å². The number of rotatable bonds is 9. The highest BCUT2D eigenvalue weighted by atomic mass is 16.5. The molecule has 236 valence electrons. The number of aromatic amines is 1. The van der Waals surface area contributed by atoms with Gasteiger partial charge >= 0.3 is 6.09 Å². The topological polar surface area (TPSA) is 122 Å². The quantitative estimate of drug-likeness (QED) is 0.148. The van der Waals surface area contributed by atoms with Gasteiger partial charge in [-0.2, -0.15) is 0 Å². The van der Waals surface area contributed by atoms with Gasteiger partial charge in [0.15, 0.2) is 0 Å². The van der Waals surface area contributed by atoms with Crippen LogP contribution < -0.4 is 16.0 Å². The van der Waals surface area contributed by atoms with Crippen molar-refractivity contribution in [2.24, 2.45) is 14.1 Å². The number of hydrogen-bond acceptors (Lipinski definition) is 4. The van der Waals surface area contributed by atoms with E-state index in [-0.39, 0.29) is 24.3 Å². The van der Waals surface area contributed by atoms with Crippen LogP contribution in [0.15, 0.2) is 104 Å². The van der Waals surface area contributed by atoms with Crippen molar-refractivity contribution < 1.29 is 19.1 Å². The Morgan fingerprint density at radius 3 is 2.06 bits per heavy atom. The third-order valence-electron chi connectivity index (χ3n) is 8.68. The number of fused-ring (bicyclic) bond motifs is 4. The Morgan fingerprint density at radius 1 is 0.766 bits per heavy atom. The minimum atomic E-state index is -0.604. The van der Waals surface area contributed by atoms with Crippen molar-refractivity contribution in [1.82, 2.24) is 19.4 Å². The molecule has 7 rings (SSSR count). The number of aromatic nitrogens is 3. The highest BCUT2D eigenvalue weighted by Gasteiger charge is 2.29. The molecule has 0 spiro atoms. The third kappa shape index (κ3) is 5.88. The van der Waals surface area contributed by atoms with E-state index >= 15 is 0 Å². The number of carbonyl (C=O) groups is 3. The Kier molecular flexibility index (Phi) is 7.83. The molecule has 1 aliphatic carbocycles. The summed E-state index contributed by atoms with van der Waals surface area (Å²) < 4.78 is 8.95. The molecule has 0 radical (unpaired) electrons. The van der Waals surface area contributed by atoms with Gasteiger partial charge in [0.25, 0.3) is 11.8 Å². The second-order valence-corrected chi connectivity index (χ2v) is 11.7. The van der Waals surface area contributed by atoms with Crippen LogP contribution in [0.4, 0.5) is 16.2 Å². The van der Waals surface area contributed by atoms with E-state index in [1.807, 2.05) is 48.7 Å². The predicted molar refractivity (Wildman–Crippen MR) is 182 cm³/mol. The van der Waals surface area contributed by atoms with E-state index in [1.54, 1.807) is 47.8 Å². The molecule has 3 aromatic heterocycles. The monoisotopic (exact) mass is 626 g/mol. The lowest BCUT2D eigenvalue weighted by Gasteiger charge is -2.14. The molecule has 3 heterocycles. The first-order valence-electron chi connectivity index (χ1n) is 15.4. The van der Waals surface area contributed by atoms with Crippen molar-refractivity contribution in [3.8, 4) is 11.1 Å². The van der Waals surface area contributed by atoms with Crippen LogP contribution in [-0.2, 0) is 25.3 Å². The lowest BCUT2D eigenvalue weighted by molar-refractivity contribution is 0.0945.